The summed E-state index contributed by atoms with van der Waals surface area (Å²) in [7, 11) is 3.36. The van der Waals surface area contributed by atoms with Crippen molar-refractivity contribution in [1.29, 1.82) is 0 Å². The number of amides is 2. The van der Waals surface area contributed by atoms with Crippen LogP contribution in [0.15, 0.2) is 52.0 Å². The Morgan fingerprint density at radius 3 is 2.47 bits per heavy atom. The van der Waals surface area contributed by atoms with Gasteiger partial charge in [0.2, 0.25) is 11.8 Å². The van der Waals surface area contributed by atoms with E-state index in [1.54, 1.807) is 56.9 Å². The minimum Gasteiger partial charge on any atom is -0.493 e. The van der Waals surface area contributed by atoms with Gasteiger partial charge in [0.15, 0.2) is 5.58 Å². The molecule has 0 saturated carbocycles. The Hall–Kier alpha value is -3.59. The van der Waals surface area contributed by atoms with E-state index < -0.39 is 5.41 Å². The summed E-state index contributed by atoms with van der Waals surface area (Å²) in [6.07, 6.45) is 4.06. The smallest absolute Gasteiger partial charge is 0.294 e. The Kier molecular flexibility index (Phi) is 6.47. The van der Waals surface area contributed by atoms with E-state index in [-0.39, 0.29) is 17.4 Å². The number of furan rings is 1. The summed E-state index contributed by atoms with van der Waals surface area (Å²) < 4.78 is 12.8. The quantitative estimate of drug-likeness (QED) is 0.405. The molecule has 1 aromatic carbocycles. The van der Waals surface area contributed by atoms with Gasteiger partial charge in [-0.1, -0.05) is 0 Å². The number of ether oxygens (including phenoxy) is 1. The van der Waals surface area contributed by atoms with E-state index in [4.69, 9.17) is 9.15 Å². The van der Waals surface area contributed by atoms with Crippen molar-refractivity contribution < 1.29 is 18.7 Å². The maximum atomic E-state index is 12.8. The molecule has 0 spiro atoms. The third-order valence-electron chi connectivity index (χ3n) is 6.23. The predicted molar refractivity (Wildman–Crippen MR) is 130 cm³/mol. The largest absolute Gasteiger partial charge is 0.493 e. The van der Waals surface area contributed by atoms with Crippen LogP contribution >= 0.6 is 0 Å². The lowest BCUT2D eigenvalue weighted by molar-refractivity contribution is -0.137. The van der Waals surface area contributed by atoms with Gasteiger partial charge in [0.05, 0.1) is 24.2 Å². The average Bonchev–Trinajstić information content (AvgIpc) is 3.31. The maximum absolute atomic E-state index is 12.8. The first-order valence-electron chi connectivity index (χ1n) is 11.3. The van der Waals surface area contributed by atoms with Crippen LogP contribution in [-0.2, 0) is 16.1 Å². The number of rotatable bonds is 8. The lowest BCUT2D eigenvalue weighted by Gasteiger charge is -2.25. The lowest BCUT2D eigenvalue weighted by Crippen LogP contribution is -2.46. The van der Waals surface area contributed by atoms with E-state index in [1.807, 2.05) is 12.1 Å². The normalized spacial score (nSPS) is 15.5. The van der Waals surface area contributed by atoms with Crippen molar-refractivity contribution >= 4 is 34.2 Å². The summed E-state index contributed by atoms with van der Waals surface area (Å²) in [6, 6.07) is 9.05. The van der Waals surface area contributed by atoms with E-state index in [2.05, 4.69) is 5.32 Å². The fourth-order valence-electron chi connectivity index (χ4n) is 4.17. The second kappa shape index (κ2) is 9.34. The molecule has 1 aliphatic heterocycles. The van der Waals surface area contributed by atoms with Gasteiger partial charge in [-0.05, 0) is 51.1 Å². The first-order valence-corrected chi connectivity index (χ1v) is 11.3. The summed E-state index contributed by atoms with van der Waals surface area (Å²) in [6.45, 7) is 5.70. The van der Waals surface area contributed by atoms with E-state index in [0.29, 0.717) is 42.4 Å². The highest BCUT2D eigenvalue weighted by Crippen LogP contribution is 2.39. The van der Waals surface area contributed by atoms with Gasteiger partial charge in [-0.3, -0.25) is 14.4 Å². The molecule has 9 nitrogen and oxygen atoms in total. The highest BCUT2D eigenvalue weighted by Gasteiger charge is 2.44. The van der Waals surface area contributed by atoms with Gasteiger partial charge in [0, 0.05) is 44.8 Å². The molecule has 0 fully saturated rings. The number of carbonyl (C=O) groups excluding carboxylic acids is 2. The van der Waals surface area contributed by atoms with E-state index in [9.17, 15) is 14.4 Å². The minimum atomic E-state index is -1.13. The topological polar surface area (TPSA) is 97.0 Å². The van der Waals surface area contributed by atoms with Crippen molar-refractivity contribution in [3.63, 3.8) is 0 Å². The Morgan fingerprint density at radius 2 is 1.71 bits per heavy atom. The number of carbonyl (C=O) groups is 2. The molecule has 2 amide bonds. The van der Waals surface area contributed by atoms with Crippen molar-refractivity contribution in [2.75, 3.05) is 43.6 Å². The number of benzene rings is 1. The molecule has 180 valence electrons. The van der Waals surface area contributed by atoms with Crippen LogP contribution in [0.3, 0.4) is 0 Å². The molecule has 1 N–H and O–H groups in total. The van der Waals surface area contributed by atoms with E-state index >= 15 is 0 Å². The van der Waals surface area contributed by atoms with Gasteiger partial charge < -0.3 is 28.8 Å². The predicted octanol–water partition coefficient (Wildman–Crippen LogP) is 2.62. The van der Waals surface area contributed by atoms with Crippen LogP contribution in [0.25, 0.3) is 11.0 Å². The molecular weight excluding hydrogens is 436 g/mol. The van der Waals surface area contributed by atoms with Crippen molar-refractivity contribution in [1.82, 2.24) is 9.88 Å². The number of anilines is 2. The Balaban J connectivity index is 1.27. The molecule has 3 heterocycles. The number of hydrogen-bond acceptors (Lipinski definition) is 6. The molecule has 0 atom stereocenters. The SMILES string of the molecule is CN1C(=O)C(C)(C)C(=O)N(C)c2cc(OCCCNCCn3ccc4ccoc4c3=O)ccc21. The van der Waals surface area contributed by atoms with Crippen LogP contribution in [-0.4, -0.2) is 50.2 Å². The summed E-state index contributed by atoms with van der Waals surface area (Å²) in [5.41, 5.74) is 0.423. The average molecular weight is 467 g/mol. The fourth-order valence-corrected chi connectivity index (χ4v) is 4.17. The van der Waals surface area contributed by atoms with E-state index in [1.165, 1.54) is 16.1 Å². The summed E-state index contributed by atoms with van der Waals surface area (Å²) >= 11 is 0. The number of pyridine rings is 1. The molecule has 0 bridgehead atoms. The summed E-state index contributed by atoms with van der Waals surface area (Å²) in [5, 5.41) is 4.12. The van der Waals surface area contributed by atoms with Crippen LogP contribution in [0.1, 0.15) is 20.3 Å². The Morgan fingerprint density at radius 1 is 0.971 bits per heavy atom. The number of hydrogen-bond donors (Lipinski definition) is 1. The molecule has 34 heavy (non-hydrogen) atoms. The zero-order chi connectivity index (χ0) is 24.5. The van der Waals surface area contributed by atoms with Crippen LogP contribution in [0.4, 0.5) is 11.4 Å². The molecule has 0 unspecified atom stereocenters. The monoisotopic (exact) mass is 466 g/mol. The van der Waals surface area contributed by atoms with Gasteiger partial charge >= 0.3 is 0 Å². The van der Waals surface area contributed by atoms with Crippen molar-refractivity contribution in [3.8, 4) is 5.75 Å². The molecule has 4 rings (SSSR count). The molecule has 3 aromatic rings. The van der Waals surface area contributed by atoms with Crippen molar-refractivity contribution in [2.24, 2.45) is 5.41 Å². The summed E-state index contributed by atoms with van der Waals surface area (Å²) in [4.78, 5) is 41.0. The highest BCUT2D eigenvalue weighted by atomic mass is 16.5. The highest BCUT2D eigenvalue weighted by molar-refractivity contribution is 6.19. The van der Waals surface area contributed by atoms with Crippen LogP contribution in [0.5, 0.6) is 5.75 Å². The summed E-state index contributed by atoms with van der Waals surface area (Å²) in [5.74, 6) is 0.140. The van der Waals surface area contributed by atoms with Gasteiger partial charge in [-0.15, -0.1) is 0 Å². The fraction of sp³-hybridized carbons (Fsp3) is 0.400. The number of nitrogens with zero attached hydrogens (tertiary/aromatic N) is 3. The molecule has 1 aliphatic rings. The molecule has 2 aromatic heterocycles. The molecular formula is C25H30N4O5. The van der Waals surface area contributed by atoms with Crippen molar-refractivity contribution in [3.05, 3.63) is 53.1 Å². The van der Waals surface area contributed by atoms with Crippen molar-refractivity contribution in [2.45, 2.75) is 26.8 Å². The third kappa shape index (κ3) is 4.31. The minimum absolute atomic E-state index is 0.130. The van der Waals surface area contributed by atoms with E-state index in [0.717, 1.165) is 18.4 Å². The Labute approximate surface area is 197 Å². The van der Waals surface area contributed by atoms with Crippen LogP contribution in [0.2, 0.25) is 0 Å². The molecule has 0 saturated heterocycles. The first kappa shape index (κ1) is 23.6. The van der Waals surface area contributed by atoms with Gasteiger partial charge in [0.1, 0.15) is 11.2 Å². The van der Waals surface area contributed by atoms with Crippen LogP contribution < -0.4 is 25.4 Å². The zero-order valence-electron chi connectivity index (χ0n) is 20.0. The maximum Gasteiger partial charge on any atom is 0.294 e. The van der Waals surface area contributed by atoms with Gasteiger partial charge in [-0.2, -0.15) is 0 Å². The Bertz CT molecular complexity index is 1280. The third-order valence-corrected chi connectivity index (χ3v) is 6.23. The second-order valence-corrected chi connectivity index (χ2v) is 8.98. The number of nitrogens with one attached hydrogen (secondary N) is 1. The van der Waals surface area contributed by atoms with Gasteiger partial charge in [-0.25, -0.2) is 0 Å². The standard InChI is InChI=1S/C25H30N4O5/c1-25(2)23(31)27(3)19-7-6-18(16-20(19)28(4)24(25)32)33-14-5-10-26-11-13-29-12-8-17-9-15-34-21(17)22(29)30/h6-9,12,15-16,26H,5,10-11,13-14H2,1-4H3. The van der Waals surface area contributed by atoms with Crippen LogP contribution in [0, 0.1) is 5.41 Å². The molecule has 9 heteroatoms. The number of fused-ring (bicyclic) bond motifs is 2. The first-order chi connectivity index (χ1) is 16.2. The van der Waals surface area contributed by atoms with Gasteiger partial charge in [0.25, 0.3) is 5.56 Å². The second-order valence-electron chi connectivity index (χ2n) is 8.98. The molecule has 0 aliphatic carbocycles. The lowest BCUT2D eigenvalue weighted by atomic mass is 9.90. The molecule has 0 radical (unpaired) electrons. The zero-order valence-corrected chi connectivity index (χ0v) is 20.0. The number of aromatic nitrogens is 1.